The number of rotatable bonds is 4. The van der Waals surface area contributed by atoms with Gasteiger partial charge in [-0.15, -0.1) is 0 Å². The van der Waals surface area contributed by atoms with Crippen molar-refractivity contribution in [3.63, 3.8) is 0 Å². The highest BCUT2D eigenvalue weighted by atomic mass is 79.9. The van der Waals surface area contributed by atoms with Crippen LogP contribution in [0.2, 0.25) is 0 Å². The minimum absolute atomic E-state index is 0.409. The van der Waals surface area contributed by atoms with E-state index in [0.717, 1.165) is 22.1 Å². The second kappa shape index (κ2) is 5.14. The maximum atomic E-state index is 10.8. The Morgan fingerprint density at radius 1 is 1.53 bits per heavy atom. The molecule has 0 N–H and O–H groups in total. The number of hydrogen-bond donors (Lipinski definition) is 0. The number of benzene rings is 1. The molecule has 0 aliphatic carbocycles. The van der Waals surface area contributed by atoms with Crippen molar-refractivity contribution in [2.45, 2.75) is 6.54 Å². The Hall–Kier alpha value is -1.62. The van der Waals surface area contributed by atoms with Crippen LogP contribution < -0.4 is 4.74 Å². The second-order valence-corrected chi connectivity index (χ2v) is 4.40. The van der Waals surface area contributed by atoms with Crippen LogP contribution in [0.4, 0.5) is 0 Å². The van der Waals surface area contributed by atoms with Gasteiger partial charge in [-0.25, -0.2) is 4.98 Å². The third-order valence-corrected chi connectivity index (χ3v) is 2.93. The number of nitrogens with zero attached hydrogens (tertiary/aromatic N) is 2. The van der Waals surface area contributed by atoms with E-state index < -0.39 is 0 Å². The van der Waals surface area contributed by atoms with Gasteiger partial charge in [0, 0.05) is 22.4 Å². The molecule has 17 heavy (non-hydrogen) atoms. The lowest BCUT2D eigenvalue weighted by molar-refractivity contribution is 0.111. The van der Waals surface area contributed by atoms with Gasteiger partial charge in [0.15, 0.2) is 12.1 Å². The van der Waals surface area contributed by atoms with Gasteiger partial charge in [0.05, 0.1) is 13.7 Å². The molecule has 0 saturated heterocycles. The second-order valence-electron chi connectivity index (χ2n) is 3.49. The highest BCUT2D eigenvalue weighted by molar-refractivity contribution is 9.10. The third kappa shape index (κ3) is 2.55. The first kappa shape index (κ1) is 11.9. The van der Waals surface area contributed by atoms with E-state index in [0.29, 0.717) is 12.4 Å². The zero-order valence-electron chi connectivity index (χ0n) is 9.26. The van der Waals surface area contributed by atoms with Gasteiger partial charge in [-0.05, 0) is 18.2 Å². The average Bonchev–Trinajstić information content (AvgIpc) is 2.77. The molecule has 0 unspecified atom stereocenters. The predicted octanol–water partition coefficient (Wildman–Crippen LogP) is 2.52. The molecule has 0 aliphatic heterocycles. The molecule has 0 fully saturated rings. The number of halogens is 1. The fourth-order valence-corrected chi connectivity index (χ4v) is 2.04. The van der Waals surface area contributed by atoms with Crippen molar-refractivity contribution in [1.82, 2.24) is 9.55 Å². The predicted molar refractivity (Wildman–Crippen MR) is 67.4 cm³/mol. The Labute approximate surface area is 107 Å². The normalized spacial score (nSPS) is 10.2. The Bertz CT molecular complexity index is 537. The molecule has 5 heteroatoms. The topological polar surface area (TPSA) is 44.1 Å². The minimum Gasteiger partial charge on any atom is -0.496 e. The summed E-state index contributed by atoms with van der Waals surface area (Å²) in [6, 6.07) is 5.77. The Kier molecular flexibility index (Phi) is 3.58. The largest absolute Gasteiger partial charge is 0.496 e. The van der Waals surface area contributed by atoms with Crippen molar-refractivity contribution in [3.8, 4) is 5.75 Å². The number of aromatic nitrogens is 2. The first-order chi connectivity index (χ1) is 8.24. The van der Waals surface area contributed by atoms with E-state index >= 15 is 0 Å². The van der Waals surface area contributed by atoms with Crippen molar-refractivity contribution in [2.75, 3.05) is 7.11 Å². The number of ether oxygens (including phenoxy) is 1. The molecule has 1 heterocycles. The van der Waals surface area contributed by atoms with Crippen LogP contribution in [0.3, 0.4) is 0 Å². The molecule has 0 spiro atoms. The summed E-state index contributed by atoms with van der Waals surface area (Å²) < 4.78 is 8.03. The molecule has 0 bridgehead atoms. The van der Waals surface area contributed by atoms with Gasteiger partial charge >= 0.3 is 0 Å². The van der Waals surface area contributed by atoms with E-state index in [-0.39, 0.29) is 0 Å². The van der Waals surface area contributed by atoms with Crippen LogP contribution in [0.25, 0.3) is 0 Å². The molecule has 1 aromatic carbocycles. The zero-order chi connectivity index (χ0) is 12.3. The van der Waals surface area contributed by atoms with Crippen LogP contribution in [0.1, 0.15) is 16.2 Å². The van der Waals surface area contributed by atoms with Crippen LogP contribution in [0.5, 0.6) is 5.75 Å². The molecule has 2 rings (SSSR count). The van der Waals surface area contributed by atoms with Crippen molar-refractivity contribution in [2.24, 2.45) is 0 Å². The summed E-state index contributed by atoms with van der Waals surface area (Å²) in [7, 11) is 1.63. The molecule has 0 atom stereocenters. The Morgan fingerprint density at radius 2 is 2.35 bits per heavy atom. The number of carbonyl (C=O) groups excluding carboxylic acids is 1. The maximum absolute atomic E-state index is 10.8. The lowest BCUT2D eigenvalue weighted by Crippen LogP contribution is -2.04. The Morgan fingerprint density at radius 3 is 3.06 bits per heavy atom. The highest BCUT2D eigenvalue weighted by Crippen LogP contribution is 2.23. The summed E-state index contributed by atoms with van der Waals surface area (Å²) in [5.74, 6) is 1.20. The van der Waals surface area contributed by atoms with E-state index in [9.17, 15) is 4.79 Å². The van der Waals surface area contributed by atoms with E-state index in [1.165, 1.54) is 0 Å². The number of aldehydes is 1. The molecule has 0 saturated carbocycles. The van der Waals surface area contributed by atoms with Gasteiger partial charge in [0.25, 0.3) is 0 Å². The molecular weight excluding hydrogens is 284 g/mol. The third-order valence-electron chi connectivity index (χ3n) is 2.44. The van der Waals surface area contributed by atoms with Gasteiger partial charge in [-0.3, -0.25) is 4.79 Å². The van der Waals surface area contributed by atoms with Crippen molar-refractivity contribution in [1.29, 1.82) is 0 Å². The van der Waals surface area contributed by atoms with Gasteiger partial charge in [0.2, 0.25) is 0 Å². The maximum Gasteiger partial charge on any atom is 0.185 e. The molecule has 2 aromatic rings. The van der Waals surface area contributed by atoms with Gasteiger partial charge in [-0.2, -0.15) is 0 Å². The molecular formula is C12H11BrN2O2. The summed E-state index contributed by atoms with van der Waals surface area (Å²) in [5.41, 5.74) is 0.989. The lowest BCUT2D eigenvalue weighted by atomic mass is 10.2. The molecule has 1 aromatic heterocycles. The molecule has 0 radical (unpaired) electrons. The standard InChI is InChI=1S/C12H11BrN2O2/c1-17-11-3-2-10(13)6-9(11)7-15-5-4-14-12(15)8-16/h2-6,8H,7H2,1H3. The minimum atomic E-state index is 0.409. The van der Waals surface area contributed by atoms with Crippen LogP contribution in [0.15, 0.2) is 35.1 Å². The van der Waals surface area contributed by atoms with Crippen molar-refractivity contribution < 1.29 is 9.53 Å². The zero-order valence-corrected chi connectivity index (χ0v) is 10.8. The summed E-state index contributed by atoms with van der Waals surface area (Å²) in [5, 5.41) is 0. The summed E-state index contributed by atoms with van der Waals surface area (Å²) >= 11 is 3.42. The van der Waals surface area contributed by atoms with Gasteiger partial charge in [0.1, 0.15) is 5.75 Å². The summed E-state index contributed by atoms with van der Waals surface area (Å²) in [6.45, 7) is 0.552. The number of imidazole rings is 1. The first-order valence-corrected chi connectivity index (χ1v) is 5.82. The quantitative estimate of drug-likeness (QED) is 0.814. The van der Waals surface area contributed by atoms with E-state index in [2.05, 4.69) is 20.9 Å². The molecule has 0 aliphatic rings. The average molecular weight is 295 g/mol. The fraction of sp³-hybridized carbons (Fsp3) is 0.167. The Balaban J connectivity index is 2.35. The van der Waals surface area contributed by atoms with E-state index in [1.807, 2.05) is 18.2 Å². The highest BCUT2D eigenvalue weighted by Gasteiger charge is 2.07. The smallest absolute Gasteiger partial charge is 0.185 e. The SMILES string of the molecule is COc1ccc(Br)cc1Cn1ccnc1C=O. The molecule has 88 valence electrons. The monoisotopic (exact) mass is 294 g/mol. The summed E-state index contributed by atoms with van der Waals surface area (Å²) in [6.07, 6.45) is 4.11. The van der Waals surface area contributed by atoms with Crippen LogP contribution in [-0.2, 0) is 6.54 Å². The lowest BCUT2D eigenvalue weighted by Gasteiger charge is -2.10. The first-order valence-electron chi connectivity index (χ1n) is 5.03. The van der Waals surface area contributed by atoms with Crippen molar-refractivity contribution in [3.05, 3.63) is 46.5 Å². The van der Waals surface area contributed by atoms with E-state index in [1.54, 1.807) is 24.1 Å². The van der Waals surface area contributed by atoms with E-state index in [4.69, 9.17) is 4.74 Å². The summed E-state index contributed by atoms with van der Waals surface area (Å²) in [4.78, 5) is 14.7. The fourth-order valence-electron chi connectivity index (χ4n) is 1.63. The van der Waals surface area contributed by atoms with Gasteiger partial charge < -0.3 is 9.30 Å². The number of hydrogen-bond acceptors (Lipinski definition) is 3. The molecule has 4 nitrogen and oxygen atoms in total. The van der Waals surface area contributed by atoms with Crippen LogP contribution in [0, 0.1) is 0 Å². The number of methoxy groups -OCH3 is 1. The van der Waals surface area contributed by atoms with Gasteiger partial charge in [-0.1, -0.05) is 15.9 Å². The van der Waals surface area contributed by atoms with Crippen LogP contribution in [-0.4, -0.2) is 22.9 Å². The number of carbonyl (C=O) groups is 1. The molecule has 0 amide bonds. The van der Waals surface area contributed by atoms with Crippen molar-refractivity contribution >= 4 is 22.2 Å². The van der Waals surface area contributed by atoms with Crippen LogP contribution >= 0.6 is 15.9 Å².